The molecule has 6 heteroatoms. The zero-order valence-corrected chi connectivity index (χ0v) is 8.84. The van der Waals surface area contributed by atoms with Gasteiger partial charge in [0.05, 0.1) is 11.6 Å². The predicted molar refractivity (Wildman–Crippen MR) is 53.1 cm³/mol. The number of nitrogens with zero attached hydrogens (tertiary/aromatic N) is 1. The Kier molecular flexibility index (Phi) is 3.28. The summed E-state index contributed by atoms with van der Waals surface area (Å²) in [4.78, 5) is 14.0. The Labute approximate surface area is 91.3 Å². The molecule has 0 aliphatic heterocycles. The van der Waals surface area contributed by atoms with Gasteiger partial charge in [-0.25, -0.2) is 8.78 Å². The number of carbonyl (C=O) groups excluding carboxylic acids is 1. The van der Waals surface area contributed by atoms with E-state index in [1.54, 1.807) is 6.07 Å². The molecule has 1 heterocycles. The maximum absolute atomic E-state index is 12.8. The largest absolute Gasteiger partial charge is 0.352 e. The van der Waals surface area contributed by atoms with Gasteiger partial charge in [0.25, 0.3) is 11.8 Å². The van der Waals surface area contributed by atoms with Gasteiger partial charge in [-0.15, -0.1) is 0 Å². The molecule has 0 radical (unpaired) electrons. The van der Waals surface area contributed by atoms with Gasteiger partial charge in [-0.3, -0.25) is 4.79 Å². The van der Waals surface area contributed by atoms with Crippen LogP contribution < -0.4 is 5.32 Å². The third-order valence-corrected chi connectivity index (χ3v) is 2.17. The Bertz CT molecular complexity index is 428. The summed E-state index contributed by atoms with van der Waals surface area (Å²) in [5.41, 5.74) is 0.369. The number of amides is 1. The molecule has 1 aromatic rings. The lowest BCUT2D eigenvalue weighted by atomic mass is 10.2. The van der Waals surface area contributed by atoms with E-state index in [-0.39, 0.29) is 11.3 Å². The molecule has 0 saturated carbocycles. The summed E-state index contributed by atoms with van der Waals surface area (Å²) in [7, 11) is 0. The number of nitriles is 1. The second-order valence-electron chi connectivity index (χ2n) is 3.57. The van der Waals surface area contributed by atoms with Gasteiger partial charge < -0.3 is 10.3 Å². The number of alkyl halides is 2. The summed E-state index contributed by atoms with van der Waals surface area (Å²) in [6.07, 6.45) is 1.30. The van der Waals surface area contributed by atoms with Gasteiger partial charge in [0.15, 0.2) is 0 Å². The van der Waals surface area contributed by atoms with E-state index in [2.05, 4.69) is 10.3 Å². The van der Waals surface area contributed by atoms with Crippen LogP contribution in [0.5, 0.6) is 0 Å². The Morgan fingerprint density at radius 1 is 1.69 bits per heavy atom. The molecule has 0 spiro atoms. The molecule has 1 unspecified atom stereocenters. The summed E-state index contributed by atoms with van der Waals surface area (Å²) in [6.45, 7) is 1.95. The number of aromatic nitrogens is 1. The fourth-order valence-electron chi connectivity index (χ4n) is 0.997. The van der Waals surface area contributed by atoms with Crippen LogP contribution in [-0.4, -0.2) is 22.9 Å². The average Bonchev–Trinajstić information content (AvgIpc) is 2.64. The van der Waals surface area contributed by atoms with Crippen molar-refractivity contribution in [2.24, 2.45) is 0 Å². The number of carbonyl (C=O) groups is 1. The number of aromatic amines is 1. The van der Waals surface area contributed by atoms with E-state index in [4.69, 9.17) is 5.26 Å². The average molecular weight is 227 g/mol. The molecule has 0 aliphatic rings. The van der Waals surface area contributed by atoms with Gasteiger partial charge in [-0.2, -0.15) is 5.26 Å². The van der Waals surface area contributed by atoms with Crippen LogP contribution in [0, 0.1) is 11.3 Å². The standard InChI is InChI=1S/C10H11F2N3O/c1-6(10(2,11)12)15-9(16)7-3-8(4-13)14-5-7/h3,5-6,14H,1-2H3,(H,15,16). The Morgan fingerprint density at radius 3 is 2.75 bits per heavy atom. The molecule has 4 nitrogen and oxygen atoms in total. The van der Waals surface area contributed by atoms with Crippen LogP contribution in [-0.2, 0) is 0 Å². The van der Waals surface area contributed by atoms with E-state index < -0.39 is 17.9 Å². The zero-order chi connectivity index (χ0) is 12.3. The molecule has 2 N–H and O–H groups in total. The first-order valence-corrected chi connectivity index (χ1v) is 4.62. The number of hydrogen-bond acceptors (Lipinski definition) is 2. The van der Waals surface area contributed by atoms with Crippen molar-refractivity contribution in [1.29, 1.82) is 5.26 Å². The summed E-state index contributed by atoms with van der Waals surface area (Å²) in [5, 5.41) is 10.7. The molecule has 1 amide bonds. The van der Waals surface area contributed by atoms with Gasteiger partial charge in [0.1, 0.15) is 11.8 Å². The number of rotatable bonds is 3. The highest BCUT2D eigenvalue weighted by atomic mass is 19.3. The maximum Gasteiger partial charge on any atom is 0.264 e. The molecule has 0 fully saturated rings. The molecule has 0 saturated heterocycles. The van der Waals surface area contributed by atoms with E-state index in [1.165, 1.54) is 19.2 Å². The normalized spacial score (nSPS) is 12.9. The number of hydrogen-bond donors (Lipinski definition) is 2. The molecule has 0 aliphatic carbocycles. The molecule has 16 heavy (non-hydrogen) atoms. The van der Waals surface area contributed by atoms with Crippen LogP contribution in [0.4, 0.5) is 8.78 Å². The molecule has 86 valence electrons. The summed E-state index contributed by atoms with van der Waals surface area (Å²) < 4.78 is 25.6. The van der Waals surface area contributed by atoms with E-state index in [1.807, 2.05) is 0 Å². The minimum absolute atomic E-state index is 0.160. The smallest absolute Gasteiger partial charge is 0.264 e. The van der Waals surface area contributed by atoms with Crippen molar-refractivity contribution >= 4 is 5.91 Å². The Morgan fingerprint density at radius 2 is 2.31 bits per heavy atom. The van der Waals surface area contributed by atoms with Crippen molar-refractivity contribution in [3.63, 3.8) is 0 Å². The van der Waals surface area contributed by atoms with Crippen molar-refractivity contribution in [3.05, 3.63) is 23.5 Å². The van der Waals surface area contributed by atoms with Crippen molar-refractivity contribution in [2.45, 2.75) is 25.8 Å². The number of halogens is 2. The summed E-state index contributed by atoms with van der Waals surface area (Å²) in [6, 6.07) is 1.84. The first-order chi connectivity index (χ1) is 7.34. The molecule has 1 aromatic heterocycles. The molecule has 1 atom stereocenters. The lowest BCUT2D eigenvalue weighted by Gasteiger charge is -2.20. The number of nitrogens with one attached hydrogen (secondary N) is 2. The van der Waals surface area contributed by atoms with E-state index in [0.29, 0.717) is 0 Å². The molecule has 0 aromatic carbocycles. The van der Waals surface area contributed by atoms with Gasteiger partial charge in [-0.05, 0) is 13.0 Å². The third-order valence-electron chi connectivity index (χ3n) is 2.17. The zero-order valence-electron chi connectivity index (χ0n) is 8.84. The number of H-pyrrole nitrogens is 1. The van der Waals surface area contributed by atoms with Crippen molar-refractivity contribution in [3.8, 4) is 6.07 Å². The van der Waals surface area contributed by atoms with Crippen LogP contribution in [0.15, 0.2) is 12.3 Å². The summed E-state index contributed by atoms with van der Waals surface area (Å²) in [5.74, 6) is -3.61. The van der Waals surface area contributed by atoms with Crippen LogP contribution >= 0.6 is 0 Å². The van der Waals surface area contributed by atoms with Crippen molar-refractivity contribution in [2.75, 3.05) is 0 Å². The third kappa shape index (κ3) is 2.79. The van der Waals surface area contributed by atoms with E-state index in [0.717, 1.165) is 6.92 Å². The van der Waals surface area contributed by atoms with E-state index >= 15 is 0 Å². The highest BCUT2D eigenvalue weighted by Crippen LogP contribution is 2.17. The van der Waals surface area contributed by atoms with Crippen molar-refractivity contribution < 1.29 is 13.6 Å². The van der Waals surface area contributed by atoms with Crippen LogP contribution in [0.1, 0.15) is 29.9 Å². The second-order valence-corrected chi connectivity index (χ2v) is 3.57. The van der Waals surface area contributed by atoms with Crippen LogP contribution in [0.25, 0.3) is 0 Å². The van der Waals surface area contributed by atoms with Crippen LogP contribution in [0.2, 0.25) is 0 Å². The first kappa shape index (κ1) is 12.2. The lowest BCUT2D eigenvalue weighted by Crippen LogP contribution is -2.43. The first-order valence-electron chi connectivity index (χ1n) is 4.62. The molecule has 0 bridgehead atoms. The topological polar surface area (TPSA) is 68.7 Å². The lowest BCUT2D eigenvalue weighted by molar-refractivity contribution is -0.0108. The summed E-state index contributed by atoms with van der Waals surface area (Å²) >= 11 is 0. The fraction of sp³-hybridized carbons (Fsp3) is 0.400. The van der Waals surface area contributed by atoms with Crippen LogP contribution in [0.3, 0.4) is 0 Å². The highest BCUT2D eigenvalue weighted by Gasteiger charge is 2.31. The second kappa shape index (κ2) is 4.31. The van der Waals surface area contributed by atoms with Gasteiger partial charge in [-0.1, -0.05) is 0 Å². The van der Waals surface area contributed by atoms with E-state index in [9.17, 15) is 13.6 Å². The van der Waals surface area contributed by atoms with Gasteiger partial charge in [0, 0.05) is 13.1 Å². The highest BCUT2D eigenvalue weighted by molar-refractivity contribution is 5.94. The van der Waals surface area contributed by atoms with Gasteiger partial charge in [0.2, 0.25) is 0 Å². The molecule has 1 rings (SSSR count). The quantitative estimate of drug-likeness (QED) is 0.824. The maximum atomic E-state index is 12.8. The van der Waals surface area contributed by atoms with Crippen molar-refractivity contribution in [1.82, 2.24) is 10.3 Å². The predicted octanol–water partition coefficient (Wildman–Crippen LogP) is 1.66. The fourth-order valence-corrected chi connectivity index (χ4v) is 0.997. The Hall–Kier alpha value is -1.90. The molecular formula is C10H11F2N3O. The van der Waals surface area contributed by atoms with Gasteiger partial charge >= 0.3 is 0 Å². The minimum atomic E-state index is -2.98. The minimum Gasteiger partial charge on any atom is -0.352 e. The Balaban J connectivity index is 2.70. The monoisotopic (exact) mass is 227 g/mol. The molecular weight excluding hydrogens is 216 g/mol. The SMILES string of the molecule is CC(NC(=O)c1c[nH]c(C#N)c1)C(C)(F)F.